The van der Waals surface area contributed by atoms with Gasteiger partial charge in [-0.1, -0.05) is 18.2 Å². The van der Waals surface area contributed by atoms with E-state index in [0.717, 1.165) is 24.2 Å². The average molecular weight is 388 g/mol. The highest BCUT2D eigenvalue weighted by atomic mass is 32.2. The molecule has 0 saturated heterocycles. The first-order valence-electron chi connectivity index (χ1n) is 6.61. The third-order valence-corrected chi connectivity index (χ3v) is 6.89. The number of rotatable bonds is 2. The minimum Gasteiger partial charge on any atom is -0.376 e. The second-order valence-electron chi connectivity index (χ2n) is 5.00. The van der Waals surface area contributed by atoms with Gasteiger partial charge in [0.1, 0.15) is 5.75 Å². The molecule has 0 aliphatic rings. The Hall–Kier alpha value is -1.84. The van der Waals surface area contributed by atoms with E-state index in [-0.39, 0.29) is 5.75 Å². The van der Waals surface area contributed by atoms with Gasteiger partial charge in [-0.05, 0) is 24.3 Å². The fourth-order valence-electron chi connectivity index (χ4n) is 2.47. The molecule has 3 nitrogen and oxygen atoms in total. The molecule has 4 rings (SSSR count). The average Bonchev–Trinajstić information content (AvgIpc) is 3.01. The second-order valence-corrected chi connectivity index (χ2v) is 8.90. The summed E-state index contributed by atoms with van der Waals surface area (Å²) in [4.78, 5) is 0. The summed E-state index contributed by atoms with van der Waals surface area (Å²) in [5.74, 6) is -0.352. The van der Waals surface area contributed by atoms with Gasteiger partial charge in [0.15, 0.2) is 0 Å². The first kappa shape index (κ1) is 15.7. The van der Waals surface area contributed by atoms with Gasteiger partial charge >= 0.3 is 15.6 Å². The van der Waals surface area contributed by atoms with Crippen LogP contribution in [0, 0.1) is 0 Å². The van der Waals surface area contributed by atoms with Crippen LogP contribution in [-0.4, -0.2) is 13.9 Å². The van der Waals surface area contributed by atoms with E-state index in [9.17, 15) is 21.6 Å². The van der Waals surface area contributed by atoms with Crippen molar-refractivity contribution in [3.8, 4) is 5.75 Å². The highest BCUT2D eigenvalue weighted by molar-refractivity contribution is 7.88. The zero-order valence-corrected chi connectivity index (χ0v) is 14.1. The topological polar surface area (TPSA) is 43.4 Å². The molecule has 0 amide bonds. The normalized spacial score (nSPS) is 13.1. The zero-order chi connectivity index (χ0) is 17.1. The molecule has 0 bridgehead atoms. The monoisotopic (exact) mass is 388 g/mol. The summed E-state index contributed by atoms with van der Waals surface area (Å²) in [5.41, 5.74) is -5.46. The molecule has 0 N–H and O–H groups in total. The number of hydrogen-bond donors (Lipinski definition) is 0. The number of alkyl halides is 3. The van der Waals surface area contributed by atoms with Crippen LogP contribution >= 0.6 is 22.7 Å². The predicted octanol–water partition coefficient (Wildman–Crippen LogP) is 5.50. The van der Waals surface area contributed by atoms with Gasteiger partial charge < -0.3 is 4.18 Å². The summed E-state index contributed by atoms with van der Waals surface area (Å²) < 4.78 is 67.0. The van der Waals surface area contributed by atoms with Crippen molar-refractivity contribution in [3.05, 3.63) is 42.5 Å². The lowest BCUT2D eigenvalue weighted by atomic mass is 10.1. The van der Waals surface area contributed by atoms with Crippen LogP contribution in [0.15, 0.2) is 42.5 Å². The van der Waals surface area contributed by atoms with E-state index in [4.69, 9.17) is 0 Å². The van der Waals surface area contributed by atoms with Gasteiger partial charge in [-0.15, -0.1) is 22.7 Å². The molecule has 4 aromatic rings. The minimum absolute atomic E-state index is 0.352. The highest BCUT2D eigenvalue weighted by Crippen LogP contribution is 2.45. The summed E-state index contributed by atoms with van der Waals surface area (Å²) >= 11 is 3.10. The van der Waals surface area contributed by atoms with Crippen LogP contribution in [0.25, 0.3) is 29.6 Å². The van der Waals surface area contributed by atoms with E-state index in [2.05, 4.69) is 4.18 Å². The molecule has 0 fully saturated rings. The predicted molar refractivity (Wildman–Crippen MR) is 90.3 cm³/mol. The highest BCUT2D eigenvalue weighted by Gasteiger charge is 2.48. The number of benzene rings is 2. The Bertz CT molecular complexity index is 1190. The molecule has 0 spiro atoms. The van der Waals surface area contributed by atoms with E-state index >= 15 is 0 Å². The summed E-state index contributed by atoms with van der Waals surface area (Å²) in [6, 6.07) is 11.8. The molecule has 0 aliphatic heterocycles. The molecule has 0 saturated carbocycles. The van der Waals surface area contributed by atoms with Crippen LogP contribution in [-0.2, 0) is 10.1 Å². The van der Waals surface area contributed by atoms with Crippen molar-refractivity contribution in [1.82, 2.24) is 0 Å². The Morgan fingerprint density at radius 2 is 1.58 bits per heavy atom. The number of hydrogen-bond acceptors (Lipinski definition) is 5. The first-order chi connectivity index (χ1) is 11.3. The minimum atomic E-state index is -5.68. The molecule has 0 aliphatic carbocycles. The molecule has 124 valence electrons. The maximum atomic E-state index is 12.5. The van der Waals surface area contributed by atoms with Crippen molar-refractivity contribution in [2.75, 3.05) is 0 Å². The van der Waals surface area contributed by atoms with Crippen molar-refractivity contribution in [3.63, 3.8) is 0 Å². The SMILES string of the molecule is O=S(=O)(Oc1ccc2sc3sc4ccccc4c3c2c1)C(F)(F)F. The Kier molecular flexibility index (Phi) is 3.32. The molecule has 0 unspecified atom stereocenters. The Morgan fingerprint density at radius 3 is 2.29 bits per heavy atom. The maximum Gasteiger partial charge on any atom is 0.534 e. The van der Waals surface area contributed by atoms with Crippen molar-refractivity contribution in [2.45, 2.75) is 5.51 Å². The summed E-state index contributed by atoms with van der Waals surface area (Å²) in [6.45, 7) is 0. The molecule has 2 heterocycles. The number of thiophene rings is 2. The van der Waals surface area contributed by atoms with E-state index < -0.39 is 15.6 Å². The van der Waals surface area contributed by atoms with Gasteiger partial charge in [0.25, 0.3) is 0 Å². The maximum absolute atomic E-state index is 12.5. The van der Waals surface area contributed by atoms with Crippen LogP contribution in [0.2, 0.25) is 0 Å². The van der Waals surface area contributed by atoms with Crippen LogP contribution in [0.4, 0.5) is 13.2 Å². The van der Waals surface area contributed by atoms with Crippen molar-refractivity contribution < 1.29 is 25.8 Å². The van der Waals surface area contributed by atoms with Gasteiger partial charge in [0.05, 0.1) is 4.01 Å². The molecule has 0 atom stereocenters. The fraction of sp³-hybridized carbons (Fsp3) is 0.0667. The summed E-state index contributed by atoms with van der Waals surface area (Å²) in [6.07, 6.45) is 0. The second kappa shape index (κ2) is 5.08. The Labute approximate surface area is 142 Å². The zero-order valence-electron chi connectivity index (χ0n) is 11.6. The summed E-state index contributed by atoms with van der Waals surface area (Å²) in [5, 5.41) is 2.58. The fourth-order valence-corrected chi connectivity index (χ4v) is 5.50. The van der Waals surface area contributed by atoms with Gasteiger partial charge in [0.2, 0.25) is 0 Å². The lowest BCUT2D eigenvalue weighted by Gasteiger charge is -2.09. The molecule has 0 radical (unpaired) electrons. The Morgan fingerprint density at radius 1 is 0.917 bits per heavy atom. The van der Waals surface area contributed by atoms with E-state index in [1.54, 1.807) is 17.4 Å². The largest absolute Gasteiger partial charge is 0.534 e. The van der Waals surface area contributed by atoms with Crippen LogP contribution in [0.5, 0.6) is 5.75 Å². The molecule has 9 heteroatoms. The van der Waals surface area contributed by atoms with Gasteiger partial charge in [-0.2, -0.15) is 21.6 Å². The van der Waals surface area contributed by atoms with Gasteiger partial charge in [0, 0.05) is 25.6 Å². The van der Waals surface area contributed by atoms with Crippen LogP contribution in [0.3, 0.4) is 0 Å². The van der Waals surface area contributed by atoms with Crippen molar-refractivity contribution in [2.24, 2.45) is 0 Å². The smallest absolute Gasteiger partial charge is 0.376 e. The third kappa shape index (κ3) is 2.35. The molecule has 24 heavy (non-hydrogen) atoms. The first-order valence-corrected chi connectivity index (χ1v) is 9.65. The number of fused-ring (bicyclic) bond motifs is 5. The molecular weight excluding hydrogens is 381 g/mol. The molecule has 2 aromatic carbocycles. The standard InChI is InChI=1S/C15H7F3O3S3/c16-15(17,18)24(19,20)21-8-5-6-12-10(7-8)13-9-3-1-2-4-11(9)22-14(13)23-12/h1-7H. The molecule has 2 aromatic heterocycles. The van der Waals surface area contributed by atoms with Crippen molar-refractivity contribution in [1.29, 1.82) is 0 Å². The third-order valence-electron chi connectivity index (χ3n) is 3.48. The van der Waals surface area contributed by atoms with Gasteiger partial charge in [-0.3, -0.25) is 0 Å². The Balaban J connectivity index is 1.92. The quantitative estimate of drug-likeness (QED) is 0.336. The van der Waals surface area contributed by atoms with E-state index in [1.807, 2.05) is 24.3 Å². The van der Waals surface area contributed by atoms with Crippen LogP contribution < -0.4 is 4.18 Å². The molecular formula is C15H7F3O3S3. The van der Waals surface area contributed by atoms with Gasteiger partial charge in [-0.25, -0.2) is 0 Å². The summed E-state index contributed by atoms with van der Waals surface area (Å²) in [7, 11) is -5.68. The van der Waals surface area contributed by atoms with Crippen LogP contribution in [0.1, 0.15) is 0 Å². The lowest BCUT2D eigenvalue weighted by Crippen LogP contribution is -2.28. The van der Waals surface area contributed by atoms with Crippen molar-refractivity contribution >= 4 is 62.4 Å². The lowest BCUT2D eigenvalue weighted by molar-refractivity contribution is -0.0500. The van der Waals surface area contributed by atoms with E-state index in [0.29, 0.717) is 5.39 Å². The van der Waals surface area contributed by atoms with E-state index in [1.165, 1.54) is 23.5 Å². The number of halogens is 3.